The topological polar surface area (TPSA) is 114 Å². The number of hydrogen-bond acceptors (Lipinski definition) is 6. The first-order valence-corrected chi connectivity index (χ1v) is 9.73. The Kier molecular flexibility index (Phi) is 6.86. The Morgan fingerprint density at radius 3 is 2.39 bits per heavy atom. The van der Waals surface area contributed by atoms with Gasteiger partial charge in [-0.05, 0) is 43.3 Å². The van der Waals surface area contributed by atoms with E-state index < -0.39 is 18.0 Å². The van der Waals surface area contributed by atoms with E-state index >= 15 is 0 Å². The number of esters is 1. The highest BCUT2D eigenvalue weighted by Crippen LogP contribution is 2.31. The number of carbonyl (C=O) groups is 4. The van der Waals surface area contributed by atoms with Crippen LogP contribution < -0.4 is 20.3 Å². The first kappa shape index (κ1) is 21.8. The maximum atomic E-state index is 12.3. The van der Waals surface area contributed by atoms with E-state index in [2.05, 4.69) is 10.6 Å². The van der Waals surface area contributed by atoms with Crippen LogP contribution in [0.3, 0.4) is 0 Å². The first-order valence-electron chi connectivity index (χ1n) is 9.73. The van der Waals surface area contributed by atoms with Gasteiger partial charge in [-0.2, -0.15) is 0 Å². The highest BCUT2D eigenvalue weighted by Gasteiger charge is 2.26. The van der Waals surface area contributed by atoms with Crippen molar-refractivity contribution >= 4 is 40.8 Å². The van der Waals surface area contributed by atoms with Crippen LogP contribution in [0.5, 0.6) is 5.75 Å². The summed E-state index contributed by atoms with van der Waals surface area (Å²) >= 11 is 0. The molecule has 0 saturated carbocycles. The normalized spacial score (nSPS) is 13.5. The summed E-state index contributed by atoms with van der Waals surface area (Å²) in [5.41, 5.74) is 1.70. The number of anilines is 3. The largest absolute Gasteiger partial charge is 0.482 e. The predicted molar refractivity (Wildman–Crippen MR) is 114 cm³/mol. The molecule has 0 bridgehead atoms. The number of amides is 3. The summed E-state index contributed by atoms with van der Waals surface area (Å²) in [6.45, 7) is 2.90. The lowest BCUT2D eigenvalue weighted by molar-refractivity contribution is -0.153. The third kappa shape index (κ3) is 5.81. The molecule has 0 fully saturated rings. The van der Waals surface area contributed by atoms with E-state index in [1.54, 1.807) is 48.5 Å². The van der Waals surface area contributed by atoms with Crippen molar-refractivity contribution < 1.29 is 28.7 Å². The second-order valence-corrected chi connectivity index (χ2v) is 6.93. The molecule has 1 aliphatic rings. The van der Waals surface area contributed by atoms with Gasteiger partial charge in [0.2, 0.25) is 5.91 Å². The molecular weight excluding hydrogens is 402 g/mol. The van der Waals surface area contributed by atoms with Crippen LogP contribution in [0.2, 0.25) is 0 Å². The fourth-order valence-corrected chi connectivity index (χ4v) is 3.00. The summed E-state index contributed by atoms with van der Waals surface area (Å²) in [6, 6.07) is 13.6. The Bertz CT molecular complexity index is 989. The zero-order chi connectivity index (χ0) is 22.4. The minimum Gasteiger partial charge on any atom is -0.482 e. The Hall–Kier alpha value is -3.88. The Balaban J connectivity index is 1.49. The third-order valence-corrected chi connectivity index (χ3v) is 4.50. The van der Waals surface area contributed by atoms with Crippen LogP contribution in [0.15, 0.2) is 48.5 Å². The van der Waals surface area contributed by atoms with Crippen molar-refractivity contribution in [2.45, 2.75) is 26.4 Å². The number of para-hydroxylation sites is 2. The summed E-state index contributed by atoms with van der Waals surface area (Å²) in [7, 11) is 0. The molecule has 9 nitrogen and oxygen atoms in total. The number of rotatable bonds is 7. The maximum Gasteiger partial charge on any atom is 0.308 e. The van der Waals surface area contributed by atoms with Crippen LogP contribution >= 0.6 is 0 Å². The molecule has 1 atom stereocenters. The van der Waals surface area contributed by atoms with Gasteiger partial charge in [0, 0.05) is 24.8 Å². The minimum atomic E-state index is -1.02. The van der Waals surface area contributed by atoms with E-state index in [0.717, 1.165) is 0 Å². The van der Waals surface area contributed by atoms with Crippen LogP contribution in [0, 0.1) is 0 Å². The van der Waals surface area contributed by atoms with Gasteiger partial charge in [0.05, 0.1) is 12.1 Å². The third-order valence-electron chi connectivity index (χ3n) is 4.50. The molecule has 1 heterocycles. The average molecular weight is 425 g/mol. The van der Waals surface area contributed by atoms with Gasteiger partial charge in [0.25, 0.3) is 11.8 Å². The molecule has 3 rings (SSSR count). The monoisotopic (exact) mass is 425 g/mol. The van der Waals surface area contributed by atoms with Gasteiger partial charge >= 0.3 is 5.97 Å². The Morgan fingerprint density at radius 2 is 1.71 bits per heavy atom. The van der Waals surface area contributed by atoms with E-state index in [-0.39, 0.29) is 31.4 Å². The molecule has 162 valence electrons. The van der Waals surface area contributed by atoms with Gasteiger partial charge in [0.1, 0.15) is 5.75 Å². The average Bonchev–Trinajstić information content (AvgIpc) is 2.74. The van der Waals surface area contributed by atoms with Crippen molar-refractivity contribution in [3.05, 3.63) is 48.5 Å². The standard InChI is InChI=1S/C22H23N3O6/c1-14(22(29)24-17-9-7-16(8-10-17)23-15(2)26)31-21(28)11-12-25-18-5-3-4-6-19(18)30-13-20(25)27/h3-10,14H,11-13H2,1-2H3,(H,23,26)(H,24,29). The quantitative estimate of drug-likeness (QED) is 0.658. The summed E-state index contributed by atoms with van der Waals surface area (Å²) in [5, 5.41) is 5.27. The highest BCUT2D eigenvalue weighted by atomic mass is 16.5. The number of benzene rings is 2. The van der Waals surface area contributed by atoms with Crippen molar-refractivity contribution in [2.75, 3.05) is 28.7 Å². The second kappa shape index (κ2) is 9.75. The minimum absolute atomic E-state index is 0.0664. The molecule has 9 heteroatoms. The van der Waals surface area contributed by atoms with Crippen molar-refractivity contribution in [1.82, 2.24) is 0 Å². The molecule has 0 aliphatic carbocycles. The van der Waals surface area contributed by atoms with Gasteiger partial charge in [-0.25, -0.2) is 0 Å². The lowest BCUT2D eigenvalue weighted by Gasteiger charge is -2.29. The number of fused-ring (bicyclic) bond motifs is 1. The number of nitrogens with one attached hydrogen (secondary N) is 2. The van der Waals surface area contributed by atoms with Crippen molar-refractivity contribution in [2.24, 2.45) is 0 Å². The smallest absolute Gasteiger partial charge is 0.308 e. The fraction of sp³-hybridized carbons (Fsp3) is 0.273. The van der Waals surface area contributed by atoms with E-state index in [4.69, 9.17) is 9.47 Å². The summed E-state index contributed by atoms with van der Waals surface area (Å²) in [6.07, 6.45) is -1.08. The van der Waals surface area contributed by atoms with E-state index in [1.807, 2.05) is 0 Å². The lowest BCUT2D eigenvalue weighted by atomic mass is 10.2. The van der Waals surface area contributed by atoms with Gasteiger partial charge in [-0.3, -0.25) is 19.2 Å². The van der Waals surface area contributed by atoms with E-state index in [9.17, 15) is 19.2 Å². The maximum absolute atomic E-state index is 12.3. The number of ether oxygens (including phenoxy) is 2. The molecule has 2 N–H and O–H groups in total. The van der Waals surface area contributed by atoms with Crippen LogP contribution in [-0.4, -0.2) is 42.9 Å². The molecule has 2 aromatic rings. The Morgan fingerprint density at radius 1 is 1.06 bits per heavy atom. The SMILES string of the molecule is CC(=O)Nc1ccc(NC(=O)C(C)OC(=O)CCN2C(=O)COc3ccccc32)cc1. The predicted octanol–water partition coefficient (Wildman–Crippen LogP) is 2.33. The van der Waals surface area contributed by atoms with Gasteiger partial charge in [-0.15, -0.1) is 0 Å². The lowest BCUT2D eigenvalue weighted by Crippen LogP contribution is -2.40. The fourth-order valence-electron chi connectivity index (χ4n) is 3.00. The zero-order valence-corrected chi connectivity index (χ0v) is 17.2. The van der Waals surface area contributed by atoms with Crippen molar-refractivity contribution in [1.29, 1.82) is 0 Å². The molecule has 0 radical (unpaired) electrons. The van der Waals surface area contributed by atoms with Crippen LogP contribution in [0.4, 0.5) is 17.1 Å². The molecule has 0 aromatic heterocycles. The number of hydrogen-bond donors (Lipinski definition) is 2. The van der Waals surface area contributed by atoms with Crippen molar-refractivity contribution in [3.63, 3.8) is 0 Å². The molecule has 3 amide bonds. The van der Waals surface area contributed by atoms with Crippen LogP contribution in [0.1, 0.15) is 20.3 Å². The summed E-state index contributed by atoms with van der Waals surface area (Å²) in [5.74, 6) is -0.957. The molecule has 0 saturated heterocycles. The highest BCUT2D eigenvalue weighted by molar-refractivity contribution is 5.98. The summed E-state index contributed by atoms with van der Waals surface area (Å²) in [4.78, 5) is 49.2. The van der Waals surface area contributed by atoms with Gasteiger partial charge in [-0.1, -0.05) is 12.1 Å². The van der Waals surface area contributed by atoms with Crippen LogP contribution in [-0.2, 0) is 23.9 Å². The van der Waals surface area contributed by atoms with Crippen LogP contribution in [0.25, 0.3) is 0 Å². The van der Waals surface area contributed by atoms with E-state index in [0.29, 0.717) is 22.8 Å². The number of nitrogens with zero attached hydrogens (tertiary/aromatic N) is 1. The molecule has 1 aliphatic heterocycles. The molecule has 2 aromatic carbocycles. The molecule has 31 heavy (non-hydrogen) atoms. The second-order valence-electron chi connectivity index (χ2n) is 6.93. The zero-order valence-electron chi connectivity index (χ0n) is 17.2. The number of carbonyl (C=O) groups excluding carboxylic acids is 4. The summed E-state index contributed by atoms with van der Waals surface area (Å²) < 4.78 is 10.6. The van der Waals surface area contributed by atoms with Gasteiger partial charge in [0.15, 0.2) is 12.7 Å². The van der Waals surface area contributed by atoms with E-state index in [1.165, 1.54) is 18.7 Å². The van der Waals surface area contributed by atoms with Crippen molar-refractivity contribution in [3.8, 4) is 5.75 Å². The molecule has 0 spiro atoms. The van der Waals surface area contributed by atoms with Gasteiger partial charge < -0.3 is 25.0 Å². The Labute approximate surface area is 179 Å². The first-order chi connectivity index (χ1) is 14.8. The molecule has 1 unspecified atom stereocenters. The molecular formula is C22H23N3O6.